The number of esters is 1. The minimum absolute atomic E-state index is 0. The van der Waals surface area contributed by atoms with E-state index in [1.165, 1.54) is 14.0 Å². The van der Waals surface area contributed by atoms with Crippen molar-refractivity contribution >= 4 is 20.2 Å². The molecule has 0 fully saturated rings. The molecule has 0 saturated heterocycles. The fraction of sp³-hybridized carbons (Fsp3) is 0.375. The molecule has 0 aliphatic rings. The van der Waals surface area contributed by atoms with Crippen LogP contribution in [0.3, 0.4) is 0 Å². The van der Waals surface area contributed by atoms with E-state index in [1.807, 2.05) is 18.2 Å². The van der Waals surface area contributed by atoms with E-state index in [0.717, 1.165) is 5.56 Å². The first-order valence-electron chi connectivity index (χ1n) is 6.45. The maximum absolute atomic E-state index is 12.0. The van der Waals surface area contributed by atoms with Crippen LogP contribution < -0.4 is 0 Å². The van der Waals surface area contributed by atoms with E-state index in [0.29, 0.717) is 6.42 Å². The van der Waals surface area contributed by atoms with Gasteiger partial charge < -0.3 is 9.47 Å². The van der Waals surface area contributed by atoms with Gasteiger partial charge in [0.1, 0.15) is 12.4 Å². The molecule has 1 aromatic rings. The number of ether oxygens (including phenoxy) is 2. The number of hydrogen-bond donors (Lipinski definition) is 0. The maximum Gasteiger partial charge on any atom is 0.339 e. The molecule has 1 rings (SSSR count). The number of rotatable bonds is 8. The normalized spacial score (nSPS) is 12.7. The van der Waals surface area contributed by atoms with E-state index in [4.69, 9.17) is 9.47 Å². The summed E-state index contributed by atoms with van der Waals surface area (Å²) < 4.78 is 10.4. The second-order valence-corrected chi connectivity index (χ2v) is 4.49. The monoisotopic (exact) mass is 287 g/mol. The van der Waals surface area contributed by atoms with Crippen molar-refractivity contribution in [3.63, 3.8) is 0 Å². The molecule has 0 bridgehead atoms. The van der Waals surface area contributed by atoms with Crippen LogP contribution in [0.5, 0.6) is 0 Å². The topological polar surface area (TPSA) is 52.6 Å². The Morgan fingerprint density at radius 1 is 1.29 bits per heavy atom. The standard InChI is InChI=1S/C16H20O4.B/c1-4-8-14(12(2)17)11-20-16(18)15(19-3)13-9-6-5-7-10-13;/h4-7,9-10,14-15H,1,8,11H2,2-3H3;. The van der Waals surface area contributed by atoms with Crippen molar-refractivity contribution in [2.75, 3.05) is 13.7 Å². The zero-order valence-electron chi connectivity index (χ0n) is 12.5. The summed E-state index contributed by atoms with van der Waals surface area (Å²) in [4.78, 5) is 23.4. The minimum Gasteiger partial charge on any atom is -0.463 e. The smallest absolute Gasteiger partial charge is 0.339 e. The van der Waals surface area contributed by atoms with Crippen molar-refractivity contribution in [3.8, 4) is 0 Å². The van der Waals surface area contributed by atoms with Gasteiger partial charge in [0, 0.05) is 15.5 Å². The molecule has 0 spiro atoms. The molecule has 0 amide bonds. The Morgan fingerprint density at radius 3 is 2.38 bits per heavy atom. The first kappa shape index (κ1) is 19.1. The number of allylic oxidation sites excluding steroid dienone is 1. The predicted molar refractivity (Wildman–Crippen MR) is 81.9 cm³/mol. The van der Waals surface area contributed by atoms with E-state index < -0.39 is 12.1 Å². The molecular formula is C16H20BO4. The minimum atomic E-state index is -0.771. The molecular weight excluding hydrogens is 267 g/mol. The molecule has 0 aromatic heterocycles. The van der Waals surface area contributed by atoms with Crippen molar-refractivity contribution in [3.05, 3.63) is 48.6 Å². The van der Waals surface area contributed by atoms with Gasteiger partial charge in [-0.25, -0.2) is 4.79 Å². The van der Waals surface area contributed by atoms with Crippen LogP contribution in [-0.2, 0) is 19.1 Å². The Bertz CT molecular complexity index is 459. The Morgan fingerprint density at radius 2 is 1.90 bits per heavy atom. The second-order valence-electron chi connectivity index (χ2n) is 4.49. The average molecular weight is 287 g/mol. The maximum atomic E-state index is 12.0. The highest BCUT2D eigenvalue weighted by atomic mass is 16.6. The summed E-state index contributed by atoms with van der Waals surface area (Å²) in [6, 6.07) is 9.09. The van der Waals surface area contributed by atoms with Crippen molar-refractivity contribution in [2.45, 2.75) is 19.4 Å². The quantitative estimate of drug-likeness (QED) is 0.418. The summed E-state index contributed by atoms with van der Waals surface area (Å²) >= 11 is 0. The molecule has 0 N–H and O–H groups in total. The van der Waals surface area contributed by atoms with E-state index in [2.05, 4.69) is 6.58 Å². The summed E-state index contributed by atoms with van der Waals surface area (Å²) in [5, 5.41) is 0. The van der Waals surface area contributed by atoms with Gasteiger partial charge in [0.05, 0.1) is 5.92 Å². The zero-order chi connectivity index (χ0) is 15.0. The summed E-state index contributed by atoms with van der Waals surface area (Å²) in [5.41, 5.74) is 0.725. The molecule has 2 unspecified atom stereocenters. The molecule has 0 saturated carbocycles. The van der Waals surface area contributed by atoms with E-state index in [-0.39, 0.29) is 26.7 Å². The summed E-state index contributed by atoms with van der Waals surface area (Å²) in [7, 11) is 1.45. The van der Waals surface area contributed by atoms with Gasteiger partial charge >= 0.3 is 5.97 Å². The van der Waals surface area contributed by atoms with Crippen LogP contribution in [0.15, 0.2) is 43.0 Å². The lowest BCUT2D eigenvalue weighted by molar-refractivity contribution is -0.157. The van der Waals surface area contributed by atoms with E-state index >= 15 is 0 Å². The van der Waals surface area contributed by atoms with Gasteiger partial charge in [-0.2, -0.15) is 0 Å². The molecule has 2 atom stereocenters. The number of carbonyl (C=O) groups excluding carboxylic acids is 2. The van der Waals surface area contributed by atoms with Crippen LogP contribution in [0.1, 0.15) is 25.0 Å². The molecule has 0 aliphatic heterocycles. The highest BCUT2D eigenvalue weighted by molar-refractivity contribution is 5.80. The highest BCUT2D eigenvalue weighted by Crippen LogP contribution is 2.18. The van der Waals surface area contributed by atoms with Crippen LogP contribution in [0, 0.1) is 5.92 Å². The molecule has 3 radical (unpaired) electrons. The highest BCUT2D eigenvalue weighted by Gasteiger charge is 2.23. The number of ketones is 1. The summed E-state index contributed by atoms with van der Waals surface area (Å²) in [6.07, 6.45) is 1.36. The third-order valence-electron chi connectivity index (χ3n) is 3.00. The zero-order valence-corrected chi connectivity index (χ0v) is 12.5. The van der Waals surface area contributed by atoms with Crippen LogP contribution >= 0.6 is 0 Å². The van der Waals surface area contributed by atoms with Gasteiger partial charge in [-0.3, -0.25) is 4.79 Å². The Hall–Kier alpha value is -1.88. The van der Waals surface area contributed by atoms with E-state index in [1.54, 1.807) is 18.2 Å². The van der Waals surface area contributed by atoms with Gasteiger partial charge in [0.25, 0.3) is 0 Å². The van der Waals surface area contributed by atoms with Gasteiger partial charge in [-0.05, 0) is 18.9 Å². The predicted octanol–water partition coefficient (Wildman–Crippen LogP) is 2.32. The Labute approximate surface area is 127 Å². The Balaban J connectivity index is 0.00000400. The number of carbonyl (C=O) groups is 2. The number of methoxy groups -OCH3 is 1. The lowest BCUT2D eigenvalue weighted by Gasteiger charge is -2.17. The molecule has 0 aliphatic carbocycles. The largest absolute Gasteiger partial charge is 0.463 e. The number of Topliss-reactive ketones (excluding diaryl/α,β-unsaturated/α-hetero) is 1. The number of benzene rings is 1. The molecule has 4 nitrogen and oxygen atoms in total. The lowest BCUT2D eigenvalue weighted by atomic mass is 10.0. The lowest BCUT2D eigenvalue weighted by Crippen LogP contribution is -2.24. The molecule has 1 aromatic carbocycles. The van der Waals surface area contributed by atoms with Gasteiger partial charge in [0.15, 0.2) is 6.10 Å². The second kappa shape index (κ2) is 9.94. The molecule has 111 valence electrons. The summed E-state index contributed by atoms with van der Waals surface area (Å²) in [5.74, 6) is -0.856. The van der Waals surface area contributed by atoms with Crippen molar-refractivity contribution < 1.29 is 19.1 Å². The average Bonchev–Trinajstić information content (AvgIpc) is 2.45. The summed E-state index contributed by atoms with van der Waals surface area (Å²) in [6.45, 7) is 5.12. The van der Waals surface area contributed by atoms with Crippen LogP contribution in [0.4, 0.5) is 0 Å². The van der Waals surface area contributed by atoms with Crippen molar-refractivity contribution in [2.24, 2.45) is 5.92 Å². The third kappa shape index (κ3) is 5.96. The third-order valence-corrected chi connectivity index (χ3v) is 3.00. The van der Waals surface area contributed by atoms with Crippen LogP contribution in [0.25, 0.3) is 0 Å². The van der Waals surface area contributed by atoms with Gasteiger partial charge in [0.2, 0.25) is 0 Å². The molecule has 21 heavy (non-hydrogen) atoms. The van der Waals surface area contributed by atoms with E-state index in [9.17, 15) is 9.59 Å². The van der Waals surface area contributed by atoms with Crippen molar-refractivity contribution in [1.82, 2.24) is 0 Å². The Kier molecular flexibility index (Phi) is 9.05. The van der Waals surface area contributed by atoms with Gasteiger partial charge in [-0.15, -0.1) is 6.58 Å². The fourth-order valence-corrected chi connectivity index (χ4v) is 1.81. The molecule has 0 heterocycles. The van der Waals surface area contributed by atoms with Crippen molar-refractivity contribution in [1.29, 1.82) is 0 Å². The van der Waals surface area contributed by atoms with Gasteiger partial charge in [-0.1, -0.05) is 36.4 Å². The SMILES string of the molecule is C=CCC(COC(=O)C(OC)c1ccccc1)C(C)=O.[B]. The fourth-order valence-electron chi connectivity index (χ4n) is 1.81. The first-order valence-corrected chi connectivity index (χ1v) is 6.45. The number of hydrogen-bond acceptors (Lipinski definition) is 4. The first-order chi connectivity index (χ1) is 9.60. The van der Waals surface area contributed by atoms with Crippen LogP contribution in [0.2, 0.25) is 0 Å². The van der Waals surface area contributed by atoms with Crippen LogP contribution in [-0.4, -0.2) is 33.9 Å². The molecule has 5 heteroatoms.